The third-order valence-corrected chi connectivity index (χ3v) is 3.32. The van der Waals surface area contributed by atoms with Crippen LogP contribution in [0.5, 0.6) is 0 Å². The second kappa shape index (κ2) is 4.30. The summed E-state index contributed by atoms with van der Waals surface area (Å²) >= 11 is 2.73. The molecule has 0 radical (unpaired) electrons. The summed E-state index contributed by atoms with van der Waals surface area (Å²) in [7, 11) is 0. The smallest absolute Gasteiger partial charge is 0.250 e. The summed E-state index contributed by atoms with van der Waals surface area (Å²) in [5, 5.41) is 3.89. The van der Waals surface area contributed by atoms with Crippen LogP contribution in [0.3, 0.4) is 0 Å². The molecule has 0 saturated heterocycles. The zero-order chi connectivity index (χ0) is 9.80. The second-order valence-corrected chi connectivity index (χ2v) is 4.65. The van der Waals surface area contributed by atoms with Crippen LogP contribution in [0.25, 0.3) is 0 Å². The van der Waals surface area contributed by atoms with Gasteiger partial charge < -0.3 is 0 Å². The zero-order valence-corrected chi connectivity index (χ0v) is 8.59. The third kappa shape index (κ3) is 2.15. The van der Waals surface area contributed by atoms with Crippen molar-refractivity contribution in [2.45, 2.75) is 9.24 Å². The minimum absolute atomic E-state index is 0.253. The molecule has 2 heterocycles. The van der Waals surface area contributed by atoms with Crippen molar-refractivity contribution >= 4 is 28.2 Å². The van der Waals surface area contributed by atoms with Gasteiger partial charge in [-0.05, 0) is 12.1 Å². The van der Waals surface area contributed by atoms with Gasteiger partial charge in [0.1, 0.15) is 5.03 Å². The van der Waals surface area contributed by atoms with E-state index in [9.17, 15) is 4.91 Å². The highest BCUT2D eigenvalue weighted by Crippen LogP contribution is 2.33. The predicted octanol–water partition coefficient (Wildman–Crippen LogP) is 3.09. The predicted molar refractivity (Wildman–Crippen MR) is 55.9 cm³/mol. The zero-order valence-electron chi connectivity index (χ0n) is 6.95. The molecule has 2 aromatic heterocycles. The molecule has 0 amide bonds. The molecular formula is C8H5N3OS2. The number of hydrogen-bond acceptors (Lipinski definition) is 6. The van der Waals surface area contributed by atoms with Crippen molar-refractivity contribution in [1.29, 1.82) is 0 Å². The number of nitrogens with zero attached hydrogens (tertiary/aromatic N) is 3. The average molecular weight is 223 g/mol. The van der Waals surface area contributed by atoms with Gasteiger partial charge in [0.15, 0.2) is 0 Å². The van der Waals surface area contributed by atoms with Crippen LogP contribution in [0, 0.1) is 4.91 Å². The highest BCUT2D eigenvalue weighted by Gasteiger charge is 2.03. The molecule has 4 nitrogen and oxygen atoms in total. The fourth-order valence-electron chi connectivity index (χ4n) is 0.851. The number of hydrogen-bond donors (Lipinski definition) is 0. The lowest BCUT2D eigenvalue weighted by atomic mass is 10.5. The van der Waals surface area contributed by atoms with Gasteiger partial charge in [0.05, 0.1) is 10.4 Å². The maximum Gasteiger partial charge on any atom is 0.253 e. The molecule has 0 spiro atoms. The highest BCUT2D eigenvalue weighted by molar-refractivity contribution is 8.01. The molecule has 0 aliphatic rings. The van der Waals surface area contributed by atoms with Gasteiger partial charge in [-0.25, -0.2) is 9.97 Å². The summed E-state index contributed by atoms with van der Waals surface area (Å²) in [6.45, 7) is 0. The second-order valence-electron chi connectivity index (χ2n) is 2.32. The minimum atomic E-state index is 0.253. The molecule has 0 bridgehead atoms. The summed E-state index contributed by atoms with van der Waals surface area (Å²) in [6, 6.07) is 5.67. The molecule has 0 N–H and O–H groups in total. The first kappa shape index (κ1) is 9.29. The molecule has 0 saturated carbocycles. The first-order chi connectivity index (χ1) is 6.88. The Labute approximate surface area is 88.4 Å². The standard InChI is InChI=1S/C8H5N3OS2/c12-11-8-10-5-7(14-8)13-6-3-1-2-4-9-6/h1-5H. The summed E-state index contributed by atoms with van der Waals surface area (Å²) in [5.41, 5.74) is 0. The van der Waals surface area contributed by atoms with E-state index in [-0.39, 0.29) is 5.13 Å². The first-order valence-electron chi connectivity index (χ1n) is 3.76. The van der Waals surface area contributed by atoms with Crippen molar-refractivity contribution in [2.75, 3.05) is 0 Å². The number of aromatic nitrogens is 2. The summed E-state index contributed by atoms with van der Waals surface area (Å²) in [5.74, 6) is 0. The van der Waals surface area contributed by atoms with E-state index in [1.54, 1.807) is 12.4 Å². The number of rotatable bonds is 3. The Bertz CT molecular complexity index is 429. The fraction of sp³-hybridized carbons (Fsp3) is 0. The van der Waals surface area contributed by atoms with Gasteiger partial charge in [-0.15, -0.1) is 4.91 Å². The van der Waals surface area contributed by atoms with Crippen LogP contribution >= 0.6 is 23.1 Å². The van der Waals surface area contributed by atoms with Crippen LogP contribution < -0.4 is 0 Å². The summed E-state index contributed by atoms with van der Waals surface area (Å²) in [6.07, 6.45) is 3.35. The maximum atomic E-state index is 10.1. The Balaban J connectivity index is 2.15. The van der Waals surface area contributed by atoms with Gasteiger partial charge in [0.2, 0.25) is 0 Å². The number of pyridine rings is 1. The van der Waals surface area contributed by atoms with Gasteiger partial charge in [-0.3, -0.25) is 0 Å². The van der Waals surface area contributed by atoms with Gasteiger partial charge >= 0.3 is 0 Å². The van der Waals surface area contributed by atoms with Crippen molar-refractivity contribution in [3.63, 3.8) is 0 Å². The summed E-state index contributed by atoms with van der Waals surface area (Å²) in [4.78, 5) is 18.1. The van der Waals surface area contributed by atoms with E-state index in [0.29, 0.717) is 0 Å². The number of nitroso groups, excluding NO2 is 1. The quantitative estimate of drug-likeness (QED) is 0.750. The fourth-order valence-corrected chi connectivity index (χ4v) is 2.50. The minimum Gasteiger partial charge on any atom is -0.250 e. The molecule has 0 aliphatic carbocycles. The van der Waals surface area contributed by atoms with Crippen LogP contribution in [-0.2, 0) is 0 Å². The van der Waals surface area contributed by atoms with E-state index < -0.39 is 0 Å². The van der Waals surface area contributed by atoms with Gasteiger partial charge in [-0.1, -0.05) is 29.2 Å². The Kier molecular flexibility index (Phi) is 2.85. The maximum absolute atomic E-state index is 10.1. The Morgan fingerprint density at radius 2 is 2.29 bits per heavy atom. The molecule has 2 aromatic rings. The van der Waals surface area contributed by atoms with Crippen LogP contribution in [0.1, 0.15) is 0 Å². The number of thiazole rings is 1. The van der Waals surface area contributed by atoms with Gasteiger partial charge in [0, 0.05) is 11.4 Å². The van der Waals surface area contributed by atoms with Crippen molar-refractivity contribution in [2.24, 2.45) is 5.18 Å². The van der Waals surface area contributed by atoms with E-state index in [2.05, 4.69) is 15.1 Å². The summed E-state index contributed by atoms with van der Waals surface area (Å²) < 4.78 is 0.915. The van der Waals surface area contributed by atoms with E-state index in [1.807, 2.05) is 18.2 Å². The molecule has 0 unspecified atom stereocenters. The Morgan fingerprint density at radius 1 is 1.36 bits per heavy atom. The molecular weight excluding hydrogens is 218 g/mol. The van der Waals surface area contributed by atoms with Crippen LogP contribution in [0.15, 0.2) is 45.0 Å². The molecule has 2 rings (SSSR count). The van der Waals surface area contributed by atoms with Gasteiger partial charge in [0.25, 0.3) is 5.13 Å². The molecule has 6 heteroatoms. The highest BCUT2D eigenvalue weighted by atomic mass is 32.2. The van der Waals surface area contributed by atoms with Crippen molar-refractivity contribution in [3.8, 4) is 0 Å². The van der Waals surface area contributed by atoms with Crippen LogP contribution in [0.4, 0.5) is 5.13 Å². The molecule has 0 fully saturated rings. The molecule has 0 aliphatic heterocycles. The van der Waals surface area contributed by atoms with Crippen molar-refractivity contribution in [3.05, 3.63) is 35.5 Å². The Hall–Kier alpha value is -1.27. The van der Waals surface area contributed by atoms with E-state index in [4.69, 9.17) is 0 Å². The van der Waals surface area contributed by atoms with E-state index >= 15 is 0 Å². The van der Waals surface area contributed by atoms with Crippen LogP contribution in [0.2, 0.25) is 0 Å². The molecule has 70 valence electrons. The van der Waals surface area contributed by atoms with E-state index in [0.717, 1.165) is 9.24 Å². The lowest BCUT2D eigenvalue weighted by molar-refractivity contribution is 1.13. The lowest BCUT2D eigenvalue weighted by Crippen LogP contribution is -1.73. The molecule has 0 atom stereocenters. The first-order valence-corrected chi connectivity index (χ1v) is 5.40. The molecule has 0 aromatic carbocycles. The Morgan fingerprint density at radius 3 is 2.93 bits per heavy atom. The largest absolute Gasteiger partial charge is 0.253 e. The van der Waals surface area contributed by atoms with Crippen molar-refractivity contribution < 1.29 is 0 Å². The van der Waals surface area contributed by atoms with E-state index in [1.165, 1.54) is 23.1 Å². The monoisotopic (exact) mass is 223 g/mol. The average Bonchev–Trinajstić information content (AvgIpc) is 2.67. The van der Waals surface area contributed by atoms with Crippen LogP contribution in [-0.4, -0.2) is 9.97 Å². The van der Waals surface area contributed by atoms with Gasteiger partial charge in [-0.2, -0.15) is 0 Å². The van der Waals surface area contributed by atoms with Crippen molar-refractivity contribution in [1.82, 2.24) is 9.97 Å². The topological polar surface area (TPSA) is 55.2 Å². The lowest BCUT2D eigenvalue weighted by Gasteiger charge is -1.93. The SMILES string of the molecule is O=Nc1ncc(Sc2ccccn2)s1. The normalized spacial score (nSPS) is 10.0. The third-order valence-electron chi connectivity index (χ3n) is 1.39. The molecule has 14 heavy (non-hydrogen) atoms.